The second-order valence-corrected chi connectivity index (χ2v) is 7.95. The summed E-state index contributed by atoms with van der Waals surface area (Å²) in [4.78, 5) is 53.5. The molecule has 11 nitrogen and oxygen atoms in total. The van der Waals surface area contributed by atoms with Crippen molar-refractivity contribution in [3.63, 3.8) is 0 Å². The largest absolute Gasteiger partial charge is 0.378 e. The average molecular weight is 496 g/mol. The molecule has 0 heterocycles. The molecule has 2 aromatic carbocycles. The van der Waals surface area contributed by atoms with Crippen LogP contribution in [0.5, 0.6) is 0 Å². The lowest BCUT2D eigenvalue weighted by molar-refractivity contribution is -0.142. The third kappa shape index (κ3) is 8.05. The molecular weight excluding hydrogens is 466 g/mol. The van der Waals surface area contributed by atoms with Gasteiger partial charge in [0.05, 0.1) is 0 Å². The molecule has 190 valence electrons. The van der Waals surface area contributed by atoms with Gasteiger partial charge in [0.2, 0.25) is 0 Å². The van der Waals surface area contributed by atoms with Crippen LogP contribution in [0.2, 0.25) is 0 Å². The molecule has 0 N–H and O–H groups in total. The van der Waals surface area contributed by atoms with Crippen molar-refractivity contribution in [3.8, 4) is 0 Å². The van der Waals surface area contributed by atoms with E-state index in [2.05, 4.69) is 15.5 Å². The second-order valence-electron chi connectivity index (χ2n) is 7.95. The van der Waals surface area contributed by atoms with E-state index < -0.39 is 17.9 Å². The SMILES string of the molecule is CC(=O)ON=C(/C(=N/OC(C)=O)c1ccc(N(C)C)cc1)/C(=N/OC(C)=O)c1ccc(N(C)C)cc1. The van der Waals surface area contributed by atoms with Gasteiger partial charge in [-0.2, -0.15) is 0 Å². The van der Waals surface area contributed by atoms with E-state index in [1.165, 1.54) is 20.8 Å². The molecule has 0 bridgehead atoms. The number of carbonyl (C=O) groups excluding carboxylic acids is 3. The standard InChI is InChI=1S/C25H29N5O6/c1-16(31)34-26-23(19-8-12-21(13-9-19)29(4)5)25(28-36-18(3)33)24(27-35-17(2)32)20-10-14-22(15-11-20)30(6)7/h8-15H,1-7H3/b26-23+,27-24+. The molecule has 36 heavy (non-hydrogen) atoms. The van der Waals surface area contributed by atoms with Crippen molar-refractivity contribution in [1.82, 2.24) is 0 Å². The molecule has 2 rings (SSSR count). The monoisotopic (exact) mass is 495 g/mol. The fourth-order valence-electron chi connectivity index (χ4n) is 2.83. The van der Waals surface area contributed by atoms with Gasteiger partial charge in [-0.25, -0.2) is 14.4 Å². The summed E-state index contributed by atoms with van der Waals surface area (Å²) in [7, 11) is 7.55. The van der Waals surface area contributed by atoms with Gasteiger partial charge < -0.3 is 24.3 Å². The number of oxime groups is 3. The first-order valence-electron chi connectivity index (χ1n) is 10.8. The molecule has 0 radical (unpaired) electrons. The van der Waals surface area contributed by atoms with Crippen LogP contribution in [0.3, 0.4) is 0 Å². The maximum atomic E-state index is 11.6. The Bertz CT molecular complexity index is 1100. The summed E-state index contributed by atoms with van der Waals surface area (Å²) < 4.78 is 0. The maximum absolute atomic E-state index is 11.6. The van der Waals surface area contributed by atoms with Crippen molar-refractivity contribution in [2.45, 2.75) is 20.8 Å². The lowest BCUT2D eigenvalue weighted by Gasteiger charge is -2.16. The Morgan fingerprint density at radius 2 is 0.861 bits per heavy atom. The van der Waals surface area contributed by atoms with Crippen LogP contribution in [-0.4, -0.2) is 63.2 Å². The quantitative estimate of drug-likeness (QED) is 0.296. The molecule has 2 aromatic rings. The molecule has 0 saturated carbocycles. The predicted octanol–water partition coefficient (Wildman–Crippen LogP) is 2.97. The minimum absolute atomic E-state index is 0.0133. The van der Waals surface area contributed by atoms with Gasteiger partial charge in [-0.05, 0) is 24.3 Å². The van der Waals surface area contributed by atoms with Crippen LogP contribution in [0.4, 0.5) is 11.4 Å². The number of carbonyl (C=O) groups is 3. The van der Waals surface area contributed by atoms with Crippen molar-refractivity contribution in [2.24, 2.45) is 15.5 Å². The molecular formula is C25H29N5O6. The summed E-state index contributed by atoms with van der Waals surface area (Å²) in [6, 6.07) is 14.2. The van der Waals surface area contributed by atoms with Crippen LogP contribution < -0.4 is 9.80 Å². The molecule has 0 unspecified atom stereocenters. The molecule has 11 heteroatoms. The number of benzene rings is 2. The average Bonchev–Trinajstić information content (AvgIpc) is 2.82. The van der Waals surface area contributed by atoms with Gasteiger partial charge in [0, 0.05) is 71.5 Å². The lowest BCUT2D eigenvalue weighted by Crippen LogP contribution is -2.28. The zero-order chi connectivity index (χ0) is 26.8. The topological polar surface area (TPSA) is 122 Å². The highest BCUT2D eigenvalue weighted by Crippen LogP contribution is 2.18. The first-order valence-corrected chi connectivity index (χ1v) is 10.8. The van der Waals surface area contributed by atoms with Crippen LogP contribution in [0.25, 0.3) is 0 Å². The van der Waals surface area contributed by atoms with Crippen LogP contribution in [0, 0.1) is 0 Å². The molecule has 0 fully saturated rings. The van der Waals surface area contributed by atoms with Gasteiger partial charge >= 0.3 is 17.9 Å². The van der Waals surface area contributed by atoms with Crippen LogP contribution in [0.15, 0.2) is 64.0 Å². The Morgan fingerprint density at radius 3 is 1.14 bits per heavy atom. The van der Waals surface area contributed by atoms with Gasteiger partial charge in [-0.15, -0.1) is 0 Å². The fourth-order valence-corrected chi connectivity index (χ4v) is 2.83. The number of anilines is 2. The Labute approximate surface area is 209 Å². The van der Waals surface area contributed by atoms with Crippen molar-refractivity contribution in [3.05, 3.63) is 59.7 Å². The second kappa shape index (κ2) is 12.8. The summed E-state index contributed by atoms with van der Waals surface area (Å²) in [5.74, 6) is -2.08. The van der Waals surface area contributed by atoms with Gasteiger partial charge in [-0.1, -0.05) is 39.7 Å². The molecule has 0 aliphatic rings. The van der Waals surface area contributed by atoms with Crippen molar-refractivity contribution >= 4 is 46.4 Å². The van der Waals surface area contributed by atoms with Gasteiger partial charge in [-0.3, -0.25) is 0 Å². The molecule has 0 amide bonds. The number of hydrogen-bond donors (Lipinski definition) is 0. The molecule has 0 aliphatic carbocycles. The van der Waals surface area contributed by atoms with E-state index in [9.17, 15) is 14.4 Å². The highest BCUT2D eigenvalue weighted by molar-refractivity contribution is 6.74. The van der Waals surface area contributed by atoms with E-state index in [4.69, 9.17) is 14.5 Å². The number of hydrogen-bond acceptors (Lipinski definition) is 11. The molecule has 0 spiro atoms. The first-order chi connectivity index (χ1) is 17.0. The minimum atomic E-state index is -0.711. The highest BCUT2D eigenvalue weighted by Gasteiger charge is 2.24. The van der Waals surface area contributed by atoms with E-state index in [0.717, 1.165) is 11.4 Å². The molecule has 0 aromatic heterocycles. The zero-order valence-electron chi connectivity index (χ0n) is 21.3. The first kappa shape index (κ1) is 27.7. The number of rotatable bonds is 9. The predicted molar refractivity (Wildman–Crippen MR) is 137 cm³/mol. The summed E-state index contributed by atoms with van der Waals surface area (Å²) in [5.41, 5.74) is 2.65. The van der Waals surface area contributed by atoms with E-state index >= 15 is 0 Å². The van der Waals surface area contributed by atoms with Crippen molar-refractivity contribution < 1.29 is 28.9 Å². The van der Waals surface area contributed by atoms with E-state index in [1.54, 1.807) is 24.3 Å². The highest BCUT2D eigenvalue weighted by atomic mass is 16.7. The maximum Gasteiger partial charge on any atom is 0.332 e. The van der Waals surface area contributed by atoms with Crippen molar-refractivity contribution in [1.29, 1.82) is 0 Å². The van der Waals surface area contributed by atoms with Crippen LogP contribution in [0.1, 0.15) is 31.9 Å². The fraction of sp³-hybridized carbons (Fsp3) is 0.280. The normalized spacial score (nSPS) is 11.3. The number of nitrogens with zero attached hydrogens (tertiary/aromatic N) is 5. The van der Waals surface area contributed by atoms with Crippen LogP contribution in [-0.2, 0) is 28.9 Å². The summed E-state index contributed by atoms with van der Waals surface area (Å²) >= 11 is 0. The molecule has 0 aliphatic heterocycles. The van der Waals surface area contributed by atoms with Gasteiger partial charge in [0.15, 0.2) is 5.71 Å². The minimum Gasteiger partial charge on any atom is -0.378 e. The third-order valence-corrected chi connectivity index (χ3v) is 4.56. The van der Waals surface area contributed by atoms with E-state index in [0.29, 0.717) is 11.1 Å². The third-order valence-electron chi connectivity index (χ3n) is 4.56. The summed E-state index contributed by atoms with van der Waals surface area (Å²) in [6.45, 7) is 3.55. The van der Waals surface area contributed by atoms with Gasteiger partial charge in [0.1, 0.15) is 11.4 Å². The summed E-state index contributed by atoms with van der Waals surface area (Å²) in [5, 5.41) is 11.9. The molecule has 0 atom stereocenters. The van der Waals surface area contributed by atoms with E-state index in [1.807, 2.05) is 62.3 Å². The van der Waals surface area contributed by atoms with E-state index in [-0.39, 0.29) is 17.1 Å². The Hall–Kier alpha value is -4.54. The zero-order valence-corrected chi connectivity index (χ0v) is 21.3. The van der Waals surface area contributed by atoms with Gasteiger partial charge in [0.25, 0.3) is 0 Å². The Morgan fingerprint density at radius 1 is 0.556 bits per heavy atom. The smallest absolute Gasteiger partial charge is 0.332 e. The van der Waals surface area contributed by atoms with Crippen molar-refractivity contribution in [2.75, 3.05) is 38.0 Å². The lowest BCUT2D eigenvalue weighted by atomic mass is 9.97. The Kier molecular flexibility index (Phi) is 9.84. The Balaban J connectivity index is 2.78. The molecule has 0 saturated heterocycles. The van der Waals surface area contributed by atoms with Crippen LogP contribution >= 0.6 is 0 Å². The summed E-state index contributed by atoms with van der Waals surface area (Å²) in [6.07, 6.45) is 0.